The van der Waals surface area contributed by atoms with Crippen LogP contribution in [0, 0.1) is 5.92 Å². The Balaban J connectivity index is 1.15. The minimum atomic E-state index is -3.61. The van der Waals surface area contributed by atoms with Gasteiger partial charge in [-0.3, -0.25) is 19.2 Å². The Morgan fingerprint density at radius 2 is 1.70 bits per heavy atom. The summed E-state index contributed by atoms with van der Waals surface area (Å²) in [4.78, 5) is 25.8. The Hall–Kier alpha value is -3.79. The van der Waals surface area contributed by atoms with Gasteiger partial charge in [0.15, 0.2) is 0 Å². The number of piperazine rings is 1. The number of anilines is 6. The highest BCUT2D eigenvalue weighted by molar-refractivity contribution is 9.10. The van der Waals surface area contributed by atoms with Gasteiger partial charge in [0.1, 0.15) is 22.8 Å². The van der Waals surface area contributed by atoms with Gasteiger partial charge in [0.05, 0.1) is 34.7 Å². The molecule has 4 aromatic rings. The number of nitrogens with one attached hydrogen (secondary N) is 2. The summed E-state index contributed by atoms with van der Waals surface area (Å²) in [5.41, 5.74) is 5.27. The number of fused-ring (bicyclic) bond motifs is 1. The smallest absolute Gasteiger partial charge is 0.232 e. The molecule has 0 atom stereocenters. The van der Waals surface area contributed by atoms with Gasteiger partial charge in [-0.2, -0.15) is 4.98 Å². The van der Waals surface area contributed by atoms with Crippen LogP contribution < -0.4 is 24.6 Å². The molecule has 15 heteroatoms. The molecule has 0 unspecified atom stereocenters. The molecule has 2 aromatic heterocycles. The van der Waals surface area contributed by atoms with Gasteiger partial charge in [-0.1, -0.05) is 0 Å². The number of sulfonamides is 1. The molecule has 1 saturated carbocycles. The molecule has 0 radical (unpaired) electrons. The molecule has 266 valence electrons. The van der Waals surface area contributed by atoms with Crippen molar-refractivity contribution in [2.75, 3.05) is 86.6 Å². The minimum Gasteiger partial charge on any atom is -0.494 e. The number of hydrogen-bond donors (Lipinski definition) is 2. The number of halogens is 1. The fourth-order valence-corrected chi connectivity index (χ4v) is 7.81. The van der Waals surface area contributed by atoms with Gasteiger partial charge < -0.3 is 25.2 Å². The summed E-state index contributed by atoms with van der Waals surface area (Å²) in [7, 11) is 1.80. The number of rotatable bonds is 11. The maximum atomic E-state index is 12.7. The maximum Gasteiger partial charge on any atom is 0.232 e. The first kappa shape index (κ1) is 34.6. The van der Waals surface area contributed by atoms with E-state index in [0.29, 0.717) is 50.6 Å². The Bertz CT molecular complexity index is 1960. The van der Waals surface area contributed by atoms with E-state index in [9.17, 15) is 8.42 Å². The van der Waals surface area contributed by atoms with Crippen LogP contribution in [0.3, 0.4) is 0 Å². The van der Waals surface area contributed by atoms with Crippen molar-refractivity contribution in [3.05, 3.63) is 52.9 Å². The summed E-state index contributed by atoms with van der Waals surface area (Å²) in [6.45, 7) is 6.69. The molecule has 2 aliphatic heterocycles. The van der Waals surface area contributed by atoms with E-state index in [0.717, 1.165) is 63.4 Å². The molecular weight excluding hydrogens is 720 g/mol. The van der Waals surface area contributed by atoms with E-state index in [1.165, 1.54) is 48.3 Å². The zero-order chi connectivity index (χ0) is 35.0. The van der Waals surface area contributed by atoms with Crippen molar-refractivity contribution in [3.63, 3.8) is 0 Å². The van der Waals surface area contributed by atoms with Gasteiger partial charge >= 0.3 is 0 Å². The van der Waals surface area contributed by atoms with Crippen LogP contribution >= 0.6 is 15.9 Å². The van der Waals surface area contributed by atoms with Crippen molar-refractivity contribution in [2.45, 2.75) is 38.1 Å². The van der Waals surface area contributed by atoms with Crippen LogP contribution in [0.2, 0.25) is 0 Å². The normalized spacial score (nSPS) is 18.0. The molecule has 2 aromatic carbocycles. The maximum absolute atomic E-state index is 12.7. The summed E-state index contributed by atoms with van der Waals surface area (Å²) in [5.74, 6) is 2.26. The number of ether oxygens (including phenoxy) is 1. The van der Waals surface area contributed by atoms with Crippen LogP contribution in [0.25, 0.3) is 11.0 Å². The van der Waals surface area contributed by atoms with Crippen LogP contribution in [-0.2, 0) is 16.4 Å². The van der Waals surface area contributed by atoms with E-state index >= 15 is 0 Å². The topological polar surface area (TPSA) is 132 Å². The van der Waals surface area contributed by atoms with Crippen molar-refractivity contribution in [2.24, 2.45) is 5.92 Å². The summed E-state index contributed by atoms with van der Waals surface area (Å²) < 4.78 is 33.1. The first-order valence-electron chi connectivity index (χ1n) is 17.2. The number of hydrogen-bond acceptors (Lipinski definition) is 12. The number of methoxy groups -OCH3 is 1. The lowest BCUT2D eigenvalue weighted by Crippen LogP contribution is -2.52. The third-order valence-corrected chi connectivity index (χ3v) is 11.9. The lowest BCUT2D eigenvalue weighted by atomic mass is 9.98. The van der Waals surface area contributed by atoms with Crippen LogP contribution in [0.1, 0.15) is 31.2 Å². The fourth-order valence-electron chi connectivity index (χ4n) is 7.00. The third kappa shape index (κ3) is 7.60. The second-order valence-electron chi connectivity index (χ2n) is 13.6. The third-order valence-electron chi connectivity index (χ3n) is 10.1. The number of nitrogens with zero attached hydrogens (tertiary/aromatic N) is 8. The monoisotopic (exact) mass is 764 g/mol. The second kappa shape index (κ2) is 14.4. The van der Waals surface area contributed by atoms with Gasteiger partial charge in [0.2, 0.25) is 16.0 Å². The molecule has 4 heterocycles. The van der Waals surface area contributed by atoms with Crippen molar-refractivity contribution < 1.29 is 13.2 Å². The Kier molecular flexibility index (Phi) is 10.0. The number of benzene rings is 2. The first-order chi connectivity index (χ1) is 24.1. The highest BCUT2D eigenvalue weighted by Crippen LogP contribution is 2.42. The Morgan fingerprint density at radius 3 is 2.40 bits per heavy atom. The van der Waals surface area contributed by atoms with E-state index in [1.807, 2.05) is 0 Å². The quantitative estimate of drug-likeness (QED) is 0.207. The SMILES string of the molecule is COc1cc(N2CCC(N3CCN(C)CC3)CC2)c(CC2CC2)cc1Nc1ncc(Br)c(Nc2ccc3nccnc3c2N(C)S(C)(=O)=O)n1. The molecule has 13 nitrogen and oxygen atoms in total. The molecule has 1 aliphatic carbocycles. The molecule has 3 fully saturated rings. The Labute approximate surface area is 302 Å². The average molecular weight is 766 g/mol. The molecule has 50 heavy (non-hydrogen) atoms. The average Bonchev–Trinajstić information content (AvgIpc) is 3.93. The molecule has 2 N–H and O–H groups in total. The Morgan fingerprint density at radius 1 is 0.960 bits per heavy atom. The van der Waals surface area contributed by atoms with E-state index in [-0.39, 0.29) is 0 Å². The van der Waals surface area contributed by atoms with E-state index in [2.05, 4.69) is 75.4 Å². The minimum absolute atomic E-state index is 0.366. The highest BCUT2D eigenvalue weighted by Gasteiger charge is 2.30. The van der Waals surface area contributed by atoms with E-state index in [1.54, 1.807) is 37.8 Å². The van der Waals surface area contributed by atoms with Crippen LogP contribution in [0.15, 0.2) is 47.3 Å². The highest BCUT2D eigenvalue weighted by atomic mass is 79.9. The number of aromatic nitrogens is 4. The summed E-state index contributed by atoms with van der Waals surface area (Å²) in [6, 6.07) is 8.60. The van der Waals surface area contributed by atoms with Crippen molar-refractivity contribution >= 4 is 71.5 Å². The predicted octanol–water partition coefficient (Wildman–Crippen LogP) is 5.24. The van der Waals surface area contributed by atoms with Crippen molar-refractivity contribution in [3.8, 4) is 5.75 Å². The van der Waals surface area contributed by atoms with Gasteiger partial charge in [-0.25, -0.2) is 13.4 Å². The molecule has 2 saturated heterocycles. The molecule has 0 bridgehead atoms. The van der Waals surface area contributed by atoms with Crippen molar-refractivity contribution in [1.82, 2.24) is 29.7 Å². The van der Waals surface area contributed by atoms with Crippen LogP contribution in [-0.4, -0.2) is 111 Å². The molecule has 7 rings (SSSR count). The van der Waals surface area contributed by atoms with Crippen molar-refractivity contribution in [1.29, 1.82) is 0 Å². The molecule has 0 amide bonds. The predicted molar refractivity (Wildman–Crippen MR) is 203 cm³/mol. The zero-order valence-corrected chi connectivity index (χ0v) is 31.5. The zero-order valence-electron chi connectivity index (χ0n) is 29.1. The number of piperidine rings is 1. The summed E-state index contributed by atoms with van der Waals surface area (Å²) >= 11 is 3.57. The lowest BCUT2D eigenvalue weighted by molar-refractivity contribution is 0.0982. The molecule has 3 aliphatic rings. The second-order valence-corrected chi connectivity index (χ2v) is 16.5. The fraction of sp³-hybridized carbons (Fsp3) is 0.486. The van der Waals surface area contributed by atoms with E-state index in [4.69, 9.17) is 9.72 Å². The van der Waals surface area contributed by atoms with Gasteiger partial charge in [-0.05, 0) is 84.8 Å². The largest absolute Gasteiger partial charge is 0.494 e. The van der Waals surface area contributed by atoms with Crippen LogP contribution in [0.5, 0.6) is 5.75 Å². The molecule has 0 spiro atoms. The van der Waals surface area contributed by atoms with Gasteiger partial charge in [0, 0.05) is 82.7 Å². The standard InChI is InChI=1S/C35H45BrN10O3S/c1-43-15-17-45(18-16-43)25-9-13-46(14-10-25)30-21-31(49-3)29(20-24(30)19-23-5-6-23)41-35-39-22-26(36)34(42-35)40-28-8-7-27-32(38-12-11-37-27)33(28)44(2)50(4,47)48/h7-8,11-12,20-23,25H,5-6,9-10,13-19H2,1-4H3,(H2,39,40,41,42). The summed E-state index contributed by atoms with van der Waals surface area (Å²) in [6.07, 6.45) is 11.8. The number of likely N-dealkylation sites (N-methyl/N-ethyl adjacent to an activating group) is 1. The lowest BCUT2D eigenvalue weighted by Gasteiger charge is -2.43. The van der Waals surface area contributed by atoms with Gasteiger partial charge in [-0.15, -0.1) is 0 Å². The summed E-state index contributed by atoms with van der Waals surface area (Å²) in [5, 5.41) is 6.73. The van der Waals surface area contributed by atoms with Gasteiger partial charge in [0.25, 0.3) is 0 Å². The van der Waals surface area contributed by atoms with Crippen LogP contribution in [0.4, 0.5) is 34.5 Å². The van der Waals surface area contributed by atoms with E-state index < -0.39 is 10.0 Å². The molecular formula is C35H45BrN10O3S. The first-order valence-corrected chi connectivity index (χ1v) is 19.8.